The van der Waals surface area contributed by atoms with Crippen molar-refractivity contribution in [2.75, 3.05) is 6.54 Å². The number of aromatic nitrogens is 2. The number of imidazole rings is 1. The van der Waals surface area contributed by atoms with E-state index in [1.54, 1.807) is 17.7 Å². The van der Waals surface area contributed by atoms with E-state index in [4.69, 9.17) is 11.1 Å². The molecule has 0 bridgehead atoms. The van der Waals surface area contributed by atoms with Crippen molar-refractivity contribution in [3.05, 3.63) is 12.0 Å². The molecule has 1 saturated heterocycles. The molecule has 1 aromatic heterocycles. The van der Waals surface area contributed by atoms with Crippen LogP contribution in [0.15, 0.2) is 11.2 Å². The van der Waals surface area contributed by atoms with Crippen LogP contribution in [-0.4, -0.2) is 40.7 Å². The van der Waals surface area contributed by atoms with Crippen molar-refractivity contribution in [1.82, 2.24) is 13.9 Å². The molecule has 1 aromatic rings. The van der Waals surface area contributed by atoms with Crippen molar-refractivity contribution in [3.63, 3.8) is 0 Å². The minimum Gasteiger partial charge on any atom is -0.386 e. The van der Waals surface area contributed by atoms with Gasteiger partial charge >= 0.3 is 0 Å². The molecule has 1 aliphatic heterocycles. The molecule has 106 valence electrons. The molecule has 0 amide bonds. The van der Waals surface area contributed by atoms with E-state index in [0.717, 1.165) is 6.42 Å². The summed E-state index contributed by atoms with van der Waals surface area (Å²) in [5, 5.41) is 7.54. The fraction of sp³-hybridized carbons (Fsp3) is 0.636. The standard InChI is InChI=1S/C11H19N5O2S/c1-3-15-7-10(14-8(15)2)19(17,18)16-6-4-5-9(16)11(12)13/h7,9H,3-6H2,1-2H3,(H3,12,13). The fourth-order valence-electron chi connectivity index (χ4n) is 2.38. The van der Waals surface area contributed by atoms with Crippen LogP contribution >= 0.6 is 0 Å². The summed E-state index contributed by atoms with van der Waals surface area (Å²) in [6, 6.07) is -0.530. The maximum Gasteiger partial charge on any atom is 0.262 e. The first-order chi connectivity index (χ1) is 8.87. The SMILES string of the molecule is CCn1cc(S(=O)(=O)N2CCCC2C(=N)N)nc1C. The molecule has 0 saturated carbocycles. The van der Waals surface area contributed by atoms with Gasteiger partial charge in [-0.3, -0.25) is 5.41 Å². The molecule has 1 fully saturated rings. The first-order valence-electron chi connectivity index (χ1n) is 6.27. The molecule has 1 atom stereocenters. The second kappa shape index (κ2) is 4.93. The number of hydrogen-bond donors (Lipinski definition) is 2. The normalized spacial score (nSPS) is 20.8. The van der Waals surface area contributed by atoms with E-state index in [9.17, 15) is 8.42 Å². The topological polar surface area (TPSA) is 105 Å². The van der Waals surface area contributed by atoms with Crippen LogP contribution in [0.3, 0.4) is 0 Å². The Bertz CT molecular complexity index is 592. The Morgan fingerprint density at radius 3 is 2.84 bits per heavy atom. The first kappa shape index (κ1) is 14.0. The largest absolute Gasteiger partial charge is 0.386 e. The summed E-state index contributed by atoms with van der Waals surface area (Å²) >= 11 is 0. The Morgan fingerprint density at radius 1 is 1.63 bits per heavy atom. The number of nitrogens with two attached hydrogens (primary N) is 1. The highest BCUT2D eigenvalue weighted by atomic mass is 32.2. The maximum absolute atomic E-state index is 12.5. The minimum absolute atomic E-state index is 0.0417. The van der Waals surface area contributed by atoms with Gasteiger partial charge in [0.05, 0.1) is 6.04 Å². The quantitative estimate of drug-likeness (QED) is 0.613. The van der Waals surface area contributed by atoms with Gasteiger partial charge in [0.15, 0.2) is 5.03 Å². The highest BCUT2D eigenvalue weighted by molar-refractivity contribution is 7.89. The fourth-order valence-corrected chi connectivity index (χ4v) is 4.05. The third-order valence-electron chi connectivity index (χ3n) is 3.43. The Balaban J connectivity index is 2.38. The van der Waals surface area contributed by atoms with Gasteiger partial charge in [0, 0.05) is 19.3 Å². The van der Waals surface area contributed by atoms with Gasteiger partial charge in [-0.2, -0.15) is 4.31 Å². The Kier molecular flexibility index (Phi) is 3.64. The molecule has 1 aliphatic rings. The van der Waals surface area contributed by atoms with Crippen LogP contribution < -0.4 is 5.73 Å². The van der Waals surface area contributed by atoms with Gasteiger partial charge in [0.1, 0.15) is 11.7 Å². The van der Waals surface area contributed by atoms with E-state index in [2.05, 4.69) is 4.98 Å². The molecule has 2 heterocycles. The van der Waals surface area contributed by atoms with E-state index in [-0.39, 0.29) is 10.9 Å². The van der Waals surface area contributed by atoms with E-state index in [1.807, 2.05) is 6.92 Å². The van der Waals surface area contributed by atoms with Crippen LogP contribution in [0.25, 0.3) is 0 Å². The zero-order valence-corrected chi connectivity index (χ0v) is 11.9. The smallest absolute Gasteiger partial charge is 0.262 e. The van der Waals surface area contributed by atoms with Gasteiger partial charge in [-0.1, -0.05) is 0 Å². The summed E-state index contributed by atoms with van der Waals surface area (Å²) in [5.41, 5.74) is 5.48. The predicted octanol–water partition coefficient (Wildman–Crippen LogP) is 0.300. The zero-order valence-electron chi connectivity index (χ0n) is 11.1. The van der Waals surface area contributed by atoms with Crippen LogP contribution in [0.1, 0.15) is 25.6 Å². The molecule has 1 unspecified atom stereocenters. The number of rotatable bonds is 4. The average Bonchev–Trinajstić information content (AvgIpc) is 2.94. The highest BCUT2D eigenvalue weighted by Gasteiger charge is 2.38. The van der Waals surface area contributed by atoms with E-state index < -0.39 is 16.1 Å². The number of nitrogens with one attached hydrogen (secondary N) is 1. The van der Waals surface area contributed by atoms with Crippen molar-refractivity contribution >= 4 is 15.9 Å². The molecule has 19 heavy (non-hydrogen) atoms. The van der Waals surface area contributed by atoms with Gasteiger partial charge in [0.2, 0.25) is 0 Å². The number of nitrogens with zero attached hydrogens (tertiary/aromatic N) is 3. The second-order valence-electron chi connectivity index (χ2n) is 4.64. The maximum atomic E-state index is 12.5. The molecule has 7 nitrogen and oxygen atoms in total. The predicted molar refractivity (Wildman–Crippen MR) is 71.5 cm³/mol. The van der Waals surface area contributed by atoms with Crippen molar-refractivity contribution in [2.45, 2.75) is 44.3 Å². The summed E-state index contributed by atoms with van der Waals surface area (Å²) in [6.07, 6.45) is 2.86. The van der Waals surface area contributed by atoms with Gasteiger partial charge in [-0.25, -0.2) is 13.4 Å². The number of hydrogen-bond acceptors (Lipinski definition) is 4. The first-order valence-corrected chi connectivity index (χ1v) is 7.71. The lowest BCUT2D eigenvalue weighted by Crippen LogP contribution is -2.43. The van der Waals surface area contributed by atoms with Gasteiger partial charge < -0.3 is 10.3 Å². The molecular formula is C11H19N5O2S. The van der Waals surface area contributed by atoms with Gasteiger partial charge in [-0.05, 0) is 26.7 Å². The lowest BCUT2D eigenvalue weighted by Gasteiger charge is -2.21. The summed E-state index contributed by atoms with van der Waals surface area (Å²) in [4.78, 5) is 4.11. The van der Waals surface area contributed by atoms with Crippen LogP contribution in [0.5, 0.6) is 0 Å². The van der Waals surface area contributed by atoms with Crippen LogP contribution in [-0.2, 0) is 16.6 Å². The monoisotopic (exact) mass is 285 g/mol. The average molecular weight is 285 g/mol. The van der Waals surface area contributed by atoms with Crippen molar-refractivity contribution < 1.29 is 8.42 Å². The molecule has 8 heteroatoms. The summed E-state index contributed by atoms with van der Waals surface area (Å²) in [5.74, 6) is 0.562. The summed E-state index contributed by atoms with van der Waals surface area (Å²) < 4.78 is 28.1. The molecular weight excluding hydrogens is 266 g/mol. The Morgan fingerprint density at radius 2 is 2.32 bits per heavy atom. The third-order valence-corrected chi connectivity index (χ3v) is 5.21. The van der Waals surface area contributed by atoms with Crippen LogP contribution in [0, 0.1) is 12.3 Å². The van der Waals surface area contributed by atoms with Gasteiger partial charge in [0.25, 0.3) is 10.0 Å². The van der Waals surface area contributed by atoms with Crippen LogP contribution in [0.4, 0.5) is 0 Å². The van der Waals surface area contributed by atoms with Crippen molar-refractivity contribution in [2.24, 2.45) is 5.73 Å². The lowest BCUT2D eigenvalue weighted by atomic mass is 10.2. The zero-order chi connectivity index (χ0) is 14.2. The second-order valence-corrected chi connectivity index (χ2v) is 6.48. The summed E-state index contributed by atoms with van der Waals surface area (Å²) in [7, 11) is -3.66. The summed E-state index contributed by atoms with van der Waals surface area (Å²) in [6.45, 7) is 4.77. The molecule has 0 aliphatic carbocycles. The van der Waals surface area contributed by atoms with Gasteiger partial charge in [-0.15, -0.1) is 0 Å². The van der Waals surface area contributed by atoms with Crippen LogP contribution in [0.2, 0.25) is 0 Å². The molecule has 0 aromatic carbocycles. The molecule has 3 N–H and O–H groups in total. The van der Waals surface area contributed by atoms with E-state index in [0.29, 0.717) is 25.3 Å². The van der Waals surface area contributed by atoms with Crippen molar-refractivity contribution in [3.8, 4) is 0 Å². The Hall–Kier alpha value is -1.41. The Labute approximate surface area is 113 Å². The molecule has 0 radical (unpaired) electrons. The minimum atomic E-state index is -3.66. The highest BCUT2D eigenvalue weighted by Crippen LogP contribution is 2.25. The lowest BCUT2D eigenvalue weighted by molar-refractivity contribution is 0.441. The third kappa shape index (κ3) is 2.37. The van der Waals surface area contributed by atoms with E-state index in [1.165, 1.54) is 4.31 Å². The molecule has 2 rings (SSSR count). The van der Waals surface area contributed by atoms with E-state index >= 15 is 0 Å². The van der Waals surface area contributed by atoms with Crippen molar-refractivity contribution in [1.29, 1.82) is 5.41 Å². The molecule has 0 spiro atoms. The number of aryl methyl sites for hydroxylation is 2. The number of amidine groups is 1. The number of sulfonamides is 1.